The summed E-state index contributed by atoms with van der Waals surface area (Å²) in [6.45, 7) is 1.11. The number of aliphatic hydroxyl groups is 1. The van der Waals surface area contributed by atoms with Crippen LogP contribution in [0.2, 0.25) is 5.15 Å². The van der Waals surface area contributed by atoms with Crippen LogP contribution in [0.25, 0.3) is 5.69 Å². The Labute approximate surface area is 139 Å². The molecular weight excluding hydrogens is 312 g/mol. The highest BCUT2D eigenvalue weighted by Crippen LogP contribution is 2.28. The van der Waals surface area contributed by atoms with Crippen molar-refractivity contribution in [2.75, 3.05) is 18.1 Å². The van der Waals surface area contributed by atoms with Crippen LogP contribution in [0.3, 0.4) is 0 Å². The van der Waals surface area contributed by atoms with Gasteiger partial charge in [-0.05, 0) is 17.7 Å². The first kappa shape index (κ1) is 15.5. The van der Waals surface area contributed by atoms with Crippen LogP contribution in [0.4, 0.5) is 5.82 Å². The molecule has 6 heteroatoms. The summed E-state index contributed by atoms with van der Waals surface area (Å²) in [7, 11) is 0. The van der Waals surface area contributed by atoms with Crippen molar-refractivity contribution in [1.82, 2.24) is 14.5 Å². The van der Waals surface area contributed by atoms with E-state index < -0.39 is 0 Å². The van der Waals surface area contributed by atoms with Gasteiger partial charge in [-0.25, -0.2) is 9.97 Å². The number of aliphatic hydroxyl groups excluding tert-OH is 1. The summed E-state index contributed by atoms with van der Waals surface area (Å²) in [5.74, 6) is 0.694. The van der Waals surface area contributed by atoms with Crippen LogP contribution < -0.4 is 4.90 Å². The molecule has 0 spiro atoms. The number of benzene rings is 1. The molecule has 0 fully saturated rings. The van der Waals surface area contributed by atoms with Gasteiger partial charge in [-0.2, -0.15) is 0 Å². The average Bonchev–Trinajstić information content (AvgIpc) is 3.09. The van der Waals surface area contributed by atoms with E-state index in [1.807, 2.05) is 64.3 Å². The molecule has 3 aromatic rings. The fourth-order valence-electron chi connectivity index (χ4n) is 2.47. The molecule has 0 aliphatic heterocycles. The normalized spacial score (nSPS) is 10.7. The highest BCUT2D eigenvalue weighted by molar-refractivity contribution is 6.31. The minimum absolute atomic E-state index is 0.0274. The van der Waals surface area contributed by atoms with E-state index in [4.69, 9.17) is 11.6 Å². The van der Waals surface area contributed by atoms with E-state index in [2.05, 4.69) is 9.97 Å². The lowest BCUT2D eigenvalue weighted by atomic mass is 10.2. The summed E-state index contributed by atoms with van der Waals surface area (Å²) in [6.07, 6.45) is 5.24. The van der Waals surface area contributed by atoms with Gasteiger partial charge in [-0.15, -0.1) is 0 Å². The molecular formula is C17H17ClN4O. The summed E-state index contributed by atoms with van der Waals surface area (Å²) in [5.41, 5.74) is 1.85. The van der Waals surface area contributed by atoms with Crippen molar-refractivity contribution >= 4 is 17.4 Å². The van der Waals surface area contributed by atoms with Gasteiger partial charge in [0.2, 0.25) is 0 Å². The van der Waals surface area contributed by atoms with E-state index >= 15 is 0 Å². The maximum absolute atomic E-state index is 9.44. The minimum atomic E-state index is 0.0274. The predicted octanol–water partition coefficient (Wildman–Crippen LogP) is 2.92. The van der Waals surface area contributed by atoms with Crippen molar-refractivity contribution in [2.24, 2.45) is 0 Å². The quantitative estimate of drug-likeness (QED) is 0.707. The van der Waals surface area contributed by atoms with Crippen LogP contribution >= 0.6 is 11.6 Å². The standard InChI is InChI=1S/C17H17ClN4O/c18-16-15(21-8-4-5-9-21)17(20-13-19-16)22(10-11-23)12-14-6-2-1-3-7-14/h1-9,13,23H,10-12H2. The number of aromatic nitrogens is 3. The molecule has 2 heterocycles. The zero-order chi connectivity index (χ0) is 16.1. The Morgan fingerprint density at radius 2 is 1.78 bits per heavy atom. The zero-order valence-corrected chi connectivity index (χ0v) is 13.3. The van der Waals surface area contributed by atoms with Crippen molar-refractivity contribution < 1.29 is 5.11 Å². The number of nitrogens with zero attached hydrogens (tertiary/aromatic N) is 4. The van der Waals surface area contributed by atoms with Crippen molar-refractivity contribution in [3.63, 3.8) is 0 Å². The molecule has 0 saturated carbocycles. The molecule has 0 atom stereocenters. The van der Waals surface area contributed by atoms with E-state index in [1.54, 1.807) is 0 Å². The third kappa shape index (κ3) is 3.52. The molecule has 0 aliphatic rings. The molecule has 5 nitrogen and oxygen atoms in total. The first-order chi connectivity index (χ1) is 11.3. The largest absolute Gasteiger partial charge is 0.395 e. The highest BCUT2D eigenvalue weighted by atomic mass is 35.5. The molecule has 0 unspecified atom stereocenters. The van der Waals surface area contributed by atoms with Crippen LogP contribution in [0.15, 0.2) is 61.2 Å². The van der Waals surface area contributed by atoms with Gasteiger partial charge in [0.15, 0.2) is 11.0 Å². The van der Waals surface area contributed by atoms with Crippen molar-refractivity contribution in [2.45, 2.75) is 6.54 Å². The highest BCUT2D eigenvalue weighted by Gasteiger charge is 2.18. The third-order valence-electron chi connectivity index (χ3n) is 3.51. The maximum Gasteiger partial charge on any atom is 0.158 e. The number of rotatable bonds is 6. The van der Waals surface area contributed by atoms with Gasteiger partial charge >= 0.3 is 0 Å². The first-order valence-corrected chi connectivity index (χ1v) is 7.71. The molecule has 23 heavy (non-hydrogen) atoms. The second kappa shape index (κ2) is 7.26. The van der Waals surface area contributed by atoms with E-state index in [9.17, 15) is 5.11 Å². The van der Waals surface area contributed by atoms with Crippen LogP contribution in [0.1, 0.15) is 5.56 Å². The van der Waals surface area contributed by atoms with Gasteiger partial charge in [0, 0.05) is 25.5 Å². The summed E-state index contributed by atoms with van der Waals surface area (Å²) < 4.78 is 1.88. The zero-order valence-electron chi connectivity index (χ0n) is 12.5. The van der Waals surface area contributed by atoms with Crippen LogP contribution in [-0.4, -0.2) is 32.8 Å². The van der Waals surface area contributed by atoms with Gasteiger partial charge in [0.05, 0.1) is 6.61 Å². The molecule has 0 aliphatic carbocycles. The second-order valence-electron chi connectivity index (χ2n) is 5.06. The number of hydrogen-bond acceptors (Lipinski definition) is 4. The Balaban J connectivity index is 2.01. The lowest BCUT2D eigenvalue weighted by Gasteiger charge is -2.25. The Kier molecular flexibility index (Phi) is 4.90. The van der Waals surface area contributed by atoms with Gasteiger partial charge in [-0.1, -0.05) is 41.9 Å². The fourth-order valence-corrected chi connectivity index (χ4v) is 2.70. The second-order valence-corrected chi connectivity index (χ2v) is 5.42. The predicted molar refractivity (Wildman–Crippen MR) is 90.9 cm³/mol. The number of halogens is 1. The molecule has 2 aromatic heterocycles. The Hall–Kier alpha value is -2.37. The molecule has 118 valence electrons. The van der Waals surface area contributed by atoms with Gasteiger partial charge in [0.1, 0.15) is 12.0 Å². The van der Waals surface area contributed by atoms with Gasteiger partial charge in [-0.3, -0.25) is 0 Å². The summed E-state index contributed by atoms with van der Waals surface area (Å²) in [6, 6.07) is 13.9. The number of anilines is 1. The van der Waals surface area contributed by atoms with Crippen molar-refractivity contribution in [3.05, 3.63) is 71.9 Å². The maximum atomic E-state index is 9.44. The van der Waals surface area contributed by atoms with Gasteiger partial charge in [0.25, 0.3) is 0 Å². The Morgan fingerprint density at radius 1 is 1.04 bits per heavy atom. The fraction of sp³-hybridized carbons (Fsp3) is 0.176. The first-order valence-electron chi connectivity index (χ1n) is 7.33. The van der Waals surface area contributed by atoms with Crippen molar-refractivity contribution in [3.8, 4) is 5.69 Å². The van der Waals surface area contributed by atoms with Gasteiger partial charge < -0.3 is 14.6 Å². The van der Waals surface area contributed by atoms with Crippen molar-refractivity contribution in [1.29, 1.82) is 0 Å². The van der Waals surface area contributed by atoms with E-state index in [-0.39, 0.29) is 6.61 Å². The molecule has 0 saturated heterocycles. The number of hydrogen-bond donors (Lipinski definition) is 1. The topological polar surface area (TPSA) is 54.2 Å². The smallest absolute Gasteiger partial charge is 0.158 e. The molecule has 1 N–H and O–H groups in total. The van der Waals surface area contributed by atoms with Crippen LogP contribution in [-0.2, 0) is 6.54 Å². The van der Waals surface area contributed by atoms with Crippen LogP contribution in [0.5, 0.6) is 0 Å². The molecule has 0 bridgehead atoms. The van der Waals surface area contributed by atoms with E-state index in [1.165, 1.54) is 6.33 Å². The van der Waals surface area contributed by atoms with E-state index in [0.29, 0.717) is 29.7 Å². The average molecular weight is 329 g/mol. The molecule has 0 radical (unpaired) electrons. The lowest BCUT2D eigenvalue weighted by Crippen LogP contribution is -2.28. The minimum Gasteiger partial charge on any atom is -0.395 e. The molecule has 0 amide bonds. The SMILES string of the molecule is OCCN(Cc1ccccc1)c1ncnc(Cl)c1-n1cccc1. The summed E-state index contributed by atoms with van der Waals surface area (Å²) >= 11 is 6.31. The third-order valence-corrected chi connectivity index (χ3v) is 3.78. The molecule has 1 aromatic carbocycles. The summed E-state index contributed by atoms with van der Waals surface area (Å²) in [5, 5.41) is 9.82. The molecule has 3 rings (SSSR count). The Morgan fingerprint density at radius 3 is 2.48 bits per heavy atom. The van der Waals surface area contributed by atoms with E-state index in [0.717, 1.165) is 5.56 Å². The Bertz CT molecular complexity index is 747. The monoisotopic (exact) mass is 328 g/mol. The summed E-state index contributed by atoms with van der Waals surface area (Å²) in [4.78, 5) is 10.5. The lowest BCUT2D eigenvalue weighted by molar-refractivity contribution is 0.301. The van der Waals surface area contributed by atoms with Crippen LogP contribution in [0, 0.1) is 0 Å².